The average Bonchev–Trinajstić information content (AvgIpc) is 3.08. The van der Waals surface area contributed by atoms with Crippen molar-refractivity contribution >= 4 is 12.0 Å². The van der Waals surface area contributed by atoms with Crippen molar-refractivity contribution in [1.29, 1.82) is 0 Å². The van der Waals surface area contributed by atoms with Gasteiger partial charge in [-0.1, -0.05) is 5.16 Å². The monoisotopic (exact) mass is 341 g/mol. The lowest BCUT2D eigenvalue weighted by molar-refractivity contribution is -0.139. The molecular formula is C17H12FN3O4. The highest BCUT2D eigenvalue weighted by atomic mass is 19.1. The van der Waals surface area contributed by atoms with Crippen molar-refractivity contribution in [3.63, 3.8) is 0 Å². The highest BCUT2D eigenvalue weighted by Gasteiger charge is 2.10. The third kappa shape index (κ3) is 4.47. The number of benzene rings is 1. The Bertz CT molecular complexity index is 906. The van der Waals surface area contributed by atoms with Crippen molar-refractivity contribution < 1.29 is 23.6 Å². The molecule has 2 heterocycles. The summed E-state index contributed by atoms with van der Waals surface area (Å²) in [4.78, 5) is 19.5. The van der Waals surface area contributed by atoms with Crippen molar-refractivity contribution in [1.82, 2.24) is 15.1 Å². The standard InChI is InChI=1S/C17H12FN3O4/c18-13-4-2-12(3-5-13)17-20-15(25-21-17)10-24-16(23)6-1-11-7-14(22)9-19-8-11/h1-9,22H,10H2/b6-1+. The molecule has 25 heavy (non-hydrogen) atoms. The summed E-state index contributed by atoms with van der Waals surface area (Å²) >= 11 is 0. The van der Waals surface area contributed by atoms with Gasteiger partial charge in [0.25, 0.3) is 5.89 Å². The van der Waals surface area contributed by atoms with Gasteiger partial charge >= 0.3 is 5.97 Å². The highest BCUT2D eigenvalue weighted by Crippen LogP contribution is 2.16. The Labute approximate surface area is 141 Å². The molecule has 0 saturated carbocycles. The molecule has 7 nitrogen and oxygen atoms in total. The second-order valence-corrected chi connectivity index (χ2v) is 4.94. The molecule has 0 saturated heterocycles. The van der Waals surface area contributed by atoms with Crippen LogP contribution in [0.1, 0.15) is 11.5 Å². The molecule has 0 spiro atoms. The predicted octanol–water partition coefficient (Wildman–Crippen LogP) is 2.73. The van der Waals surface area contributed by atoms with E-state index in [9.17, 15) is 14.3 Å². The predicted molar refractivity (Wildman–Crippen MR) is 84.4 cm³/mol. The molecule has 0 aliphatic heterocycles. The molecule has 126 valence electrons. The lowest BCUT2D eigenvalue weighted by Crippen LogP contribution is -2.01. The summed E-state index contributed by atoms with van der Waals surface area (Å²) in [6.45, 7) is -0.199. The number of hydrogen-bond acceptors (Lipinski definition) is 7. The summed E-state index contributed by atoms with van der Waals surface area (Å²) in [5, 5.41) is 13.0. The fourth-order valence-electron chi connectivity index (χ4n) is 1.91. The van der Waals surface area contributed by atoms with Gasteiger partial charge < -0.3 is 14.4 Å². The smallest absolute Gasteiger partial charge is 0.331 e. The van der Waals surface area contributed by atoms with Crippen LogP contribution >= 0.6 is 0 Å². The van der Waals surface area contributed by atoms with E-state index in [1.54, 1.807) is 0 Å². The van der Waals surface area contributed by atoms with Crippen LogP contribution in [-0.4, -0.2) is 26.2 Å². The Hall–Kier alpha value is -3.55. The first-order valence-corrected chi connectivity index (χ1v) is 7.17. The van der Waals surface area contributed by atoms with Crippen LogP contribution in [0.2, 0.25) is 0 Å². The normalized spacial score (nSPS) is 10.9. The molecule has 3 aromatic rings. The zero-order chi connectivity index (χ0) is 17.6. The first-order valence-electron chi connectivity index (χ1n) is 7.17. The fourth-order valence-corrected chi connectivity index (χ4v) is 1.91. The molecule has 0 amide bonds. The van der Waals surface area contributed by atoms with Crippen LogP contribution in [0.5, 0.6) is 5.75 Å². The van der Waals surface area contributed by atoms with Crippen LogP contribution in [0.4, 0.5) is 4.39 Å². The van der Waals surface area contributed by atoms with Gasteiger partial charge in [-0.25, -0.2) is 9.18 Å². The molecule has 0 atom stereocenters. The first-order chi connectivity index (χ1) is 12.1. The first kappa shape index (κ1) is 16.3. The summed E-state index contributed by atoms with van der Waals surface area (Å²) in [6, 6.07) is 7.05. The Morgan fingerprint density at radius 3 is 2.84 bits per heavy atom. The number of carbonyl (C=O) groups is 1. The van der Waals surface area contributed by atoms with E-state index in [-0.39, 0.29) is 29.9 Å². The van der Waals surface area contributed by atoms with Crippen LogP contribution in [0.25, 0.3) is 17.5 Å². The number of pyridine rings is 1. The Kier molecular flexibility index (Phi) is 4.79. The maximum atomic E-state index is 12.9. The minimum Gasteiger partial charge on any atom is -0.506 e. The molecule has 0 aliphatic rings. The van der Waals surface area contributed by atoms with Gasteiger partial charge in [-0.15, -0.1) is 0 Å². The molecular weight excluding hydrogens is 329 g/mol. The fraction of sp³-hybridized carbons (Fsp3) is 0.0588. The Morgan fingerprint density at radius 2 is 2.08 bits per heavy atom. The van der Waals surface area contributed by atoms with E-state index in [2.05, 4.69) is 15.1 Å². The zero-order valence-electron chi connectivity index (χ0n) is 12.8. The number of ether oxygens (including phenoxy) is 1. The zero-order valence-corrected chi connectivity index (χ0v) is 12.8. The van der Waals surface area contributed by atoms with E-state index in [1.807, 2.05) is 0 Å². The molecule has 2 aromatic heterocycles. The van der Waals surface area contributed by atoms with Gasteiger partial charge in [-0.3, -0.25) is 4.98 Å². The summed E-state index contributed by atoms with van der Waals surface area (Å²) < 4.78 is 22.9. The molecule has 8 heteroatoms. The van der Waals surface area contributed by atoms with Gasteiger partial charge in [0, 0.05) is 17.8 Å². The molecule has 0 unspecified atom stereocenters. The van der Waals surface area contributed by atoms with E-state index in [4.69, 9.17) is 9.26 Å². The van der Waals surface area contributed by atoms with E-state index < -0.39 is 5.97 Å². The largest absolute Gasteiger partial charge is 0.506 e. The van der Waals surface area contributed by atoms with E-state index in [0.29, 0.717) is 11.1 Å². The van der Waals surface area contributed by atoms with Gasteiger partial charge in [0.2, 0.25) is 5.82 Å². The number of rotatable bonds is 5. The molecule has 1 N–H and O–H groups in total. The third-order valence-corrected chi connectivity index (χ3v) is 3.07. The second kappa shape index (κ2) is 7.35. The number of carbonyl (C=O) groups excluding carboxylic acids is 1. The highest BCUT2D eigenvalue weighted by molar-refractivity contribution is 5.87. The van der Waals surface area contributed by atoms with Crippen LogP contribution < -0.4 is 0 Å². The lowest BCUT2D eigenvalue weighted by atomic mass is 10.2. The van der Waals surface area contributed by atoms with Crippen molar-refractivity contribution in [2.45, 2.75) is 6.61 Å². The molecule has 0 aliphatic carbocycles. The van der Waals surface area contributed by atoms with E-state index in [1.165, 1.54) is 54.9 Å². The number of halogens is 1. The second-order valence-electron chi connectivity index (χ2n) is 4.94. The number of nitrogens with zero attached hydrogens (tertiary/aromatic N) is 3. The molecule has 0 radical (unpaired) electrons. The number of aromatic hydroxyl groups is 1. The summed E-state index contributed by atoms with van der Waals surface area (Å²) in [7, 11) is 0. The van der Waals surface area contributed by atoms with Crippen LogP contribution in [0, 0.1) is 5.82 Å². The van der Waals surface area contributed by atoms with Gasteiger partial charge in [0.15, 0.2) is 6.61 Å². The Morgan fingerprint density at radius 1 is 1.28 bits per heavy atom. The third-order valence-electron chi connectivity index (χ3n) is 3.07. The van der Waals surface area contributed by atoms with Crippen LogP contribution in [-0.2, 0) is 16.1 Å². The minimum atomic E-state index is -0.620. The van der Waals surface area contributed by atoms with Gasteiger partial charge in [0.05, 0.1) is 6.20 Å². The number of aromatic nitrogens is 3. The molecule has 0 bridgehead atoms. The van der Waals surface area contributed by atoms with Gasteiger partial charge in [0.1, 0.15) is 11.6 Å². The topological polar surface area (TPSA) is 98.3 Å². The maximum Gasteiger partial charge on any atom is 0.331 e. The van der Waals surface area contributed by atoms with E-state index in [0.717, 1.165) is 0 Å². The average molecular weight is 341 g/mol. The van der Waals surface area contributed by atoms with Crippen molar-refractivity contribution in [2.75, 3.05) is 0 Å². The van der Waals surface area contributed by atoms with Gasteiger partial charge in [-0.2, -0.15) is 4.98 Å². The quantitative estimate of drug-likeness (QED) is 0.563. The Balaban J connectivity index is 1.56. The molecule has 0 fully saturated rings. The van der Waals surface area contributed by atoms with Crippen LogP contribution in [0.3, 0.4) is 0 Å². The van der Waals surface area contributed by atoms with Crippen molar-refractivity contribution in [3.8, 4) is 17.1 Å². The SMILES string of the molecule is O=C(/C=C/c1cncc(O)c1)OCc1nc(-c2ccc(F)cc2)no1. The minimum absolute atomic E-state index is 0.00491. The lowest BCUT2D eigenvalue weighted by Gasteiger charge is -1.97. The van der Waals surface area contributed by atoms with E-state index >= 15 is 0 Å². The number of esters is 1. The van der Waals surface area contributed by atoms with Crippen LogP contribution in [0.15, 0.2) is 53.3 Å². The summed E-state index contributed by atoms with van der Waals surface area (Å²) in [5.74, 6) is -0.609. The van der Waals surface area contributed by atoms with Crippen molar-refractivity contribution in [2.24, 2.45) is 0 Å². The van der Waals surface area contributed by atoms with Crippen molar-refractivity contribution in [3.05, 3.63) is 66.1 Å². The molecule has 3 rings (SSSR count). The summed E-state index contributed by atoms with van der Waals surface area (Å²) in [5.41, 5.74) is 1.13. The summed E-state index contributed by atoms with van der Waals surface area (Å²) in [6.07, 6.45) is 5.40. The maximum absolute atomic E-state index is 12.9. The molecule has 1 aromatic carbocycles. The number of hydrogen-bond donors (Lipinski definition) is 1. The van der Waals surface area contributed by atoms with Gasteiger partial charge in [-0.05, 0) is 42.0 Å².